The van der Waals surface area contributed by atoms with E-state index in [0.29, 0.717) is 13.1 Å². The van der Waals surface area contributed by atoms with Crippen molar-refractivity contribution < 1.29 is 9.90 Å². The van der Waals surface area contributed by atoms with E-state index in [1.54, 1.807) is 18.7 Å². The van der Waals surface area contributed by atoms with E-state index in [9.17, 15) is 14.7 Å². The zero-order valence-corrected chi connectivity index (χ0v) is 12.9. The van der Waals surface area contributed by atoms with E-state index >= 15 is 0 Å². The standard InChI is InChI=1S/C15H23N3O3/c1-4-9-18-13(19)8-7-11(16-18)14(20)17-10-5-6-12(17)15(2,3)21/h7-8,12,21H,4-6,9-10H2,1-3H3/t12-/m0/s1. The van der Waals surface area contributed by atoms with Crippen LogP contribution in [0.3, 0.4) is 0 Å². The Morgan fingerprint density at radius 3 is 2.81 bits per heavy atom. The lowest BCUT2D eigenvalue weighted by molar-refractivity contribution is 0.0000229. The minimum Gasteiger partial charge on any atom is -0.388 e. The molecule has 1 N–H and O–H groups in total. The van der Waals surface area contributed by atoms with Gasteiger partial charge in [0.25, 0.3) is 11.5 Å². The summed E-state index contributed by atoms with van der Waals surface area (Å²) in [7, 11) is 0. The van der Waals surface area contributed by atoms with Crippen molar-refractivity contribution in [2.24, 2.45) is 0 Å². The van der Waals surface area contributed by atoms with Gasteiger partial charge in [0, 0.05) is 19.2 Å². The largest absolute Gasteiger partial charge is 0.388 e. The number of aliphatic hydroxyl groups is 1. The highest BCUT2D eigenvalue weighted by Crippen LogP contribution is 2.27. The van der Waals surface area contributed by atoms with Crippen LogP contribution in [0, 0.1) is 0 Å². The topological polar surface area (TPSA) is 75.4 Å². The zero-order chi connectivity index (χ0) is 15.6. The summed E-state index contributed by atoms with van der Waals surface area (Å²) >= 11 is 0. The lowest BCUT2D eigenvalue weighted by Crippen LogP contribution is -2.48. The number of nitrogens with zero attached hydrogens (tertiary/aromatic N) is 3. The molecule has 1 atom stereocenters. The van der Waals surface area contributed by atoms with Gasteiger partial charge in [0.2, 0.25) is 0 Å². The first-order valence-corrected chi connectivity index (χ1v) is 7.46. The first kappa shape index (κ1) is 15.7. The molecule has 116 valence electrons. The van der Waals surface area contributed by atoms with Crippen LogP contribution in [0.25, 0.3) is 0 Å². The number of rotatable bonds is 4. The number of hydrogen-bond acceptors (Lipinski definition) is 4. The Morgan fingerprint density at radius 2 is 2.19 bits per heavy atom. The molecule has 1 amide bonds. The summed E-state index contributed by atoms with van der Waals surface area (Å²) < 4.78 is 1.32. The Kier molecular flexibility index (Phi) is 4.46. The van der Waals surface area contributed by atoms with E-state index in [1.807, 2.05) is 6.92 Å². The van der Waals surface area contributed by atoms with Crippen molar-refractivity contribution in [1.82, 2.24) is 14.7 Å². The quantitative estimate of drug-likeness (QED) is 0.899. The average Bonchev–Trinajstić information content (AvgIpc) is 2.90. The highest BCUT2D eigenvalue weighted by Gasteiger charge is 2.39. The minimum atomic E-state index is -0.940. The normalized spacial score (nSPS) is 19.0. The van der Waals surface area contributed by atoms with Crippen molar-refractivity contribution >= 4 is 5.91 Å². The summed E-state index contributed by atoms with van der Waals surface area (Å²) in [6.45, 7) is 6.49. The second-order valence-electron chi connectivity index (χ2n) is 6.09. The molecule has 1 aliphatic heterocycles. The molecule has 0 aromatic carbocycles. The summed E-state index contributed by atoms with van der Waals surface area (Å²) in [6, 6.07) is 2.64. The molecule has 1 aromatic rings. The maximum Gasteiger partial charge on any atom is 0.274 e. The van der Waals surface area contributed by atoms with E-state index in [4.69, 9.17) is 0 Å². The smallest absolute Gasteiger partial charge is 0.274 e. The molecule has 2 rings (SSSR count). The zero-order valence-electron chi connectivity index (χ0n) is 12.9. The second-order valence-corrected chi connectivity index (χ2v) is 6.09. The Labute approximate surface area is 124 Å². The van der Waals surface area contributed by atoms with E-state index in [-0.39, 0.29) is 23.2 Å². The minimum absolute atomic E-state index is 0.200. The van der Waals surface area contributed by atoms with Crippen LogP contribution in [0.2, 0.25) is 0 Å². The van der Waals surface area contributed by atoms with Crippen LogP contribution >= 0.6 is 0 Å². The molecule has 6 nitrogen and oxygen atoms in total. The molecule has 2 heterocycles. The lowest BCUT2D eigenvalue weighted by atomic mass is 9.96. The predicted molar refractivity (Wildman–Crippen MR) is 79.1 cm³/mol. The molecule has 0 radical (unpaired) electrons. The molecule has 1 aliphatic rings. The highest BCUT2D eigenvalue weighted by molar-refractivity contribution is 5.92. The first-order valence-electron chi connectivity index (χ1n) is 7.46. The summed E-state index contributed by atoms with van der Waals surface area (Å²) in [5.41, 5.74) is -0.877. The Bertz CT molecular complexity index is 574. The summed E-state index contributed by atoms with van der Waals surface area (Å²) in [4.78, 5) is 25.9. The monoisotopic (exact) mass is 293 g/mol. The van der Waals surface area contributed by atoms with Crippen molar-refractivity contribution in [2.75, 3.05) is 6.54 Å². The van der Waals surface area contributed by atoms with Crippen LogP contribution in [0.4, 0.5) is 0 Å². The molecular formula is C15H23N3O3. The van der Waals surface area contributed by atoms with Crippen LogP contribution in [0.15, 0.2) is 16.9 Å². The molecule has 1 saturated heterocycles. The van der Waals surface area contributed by atoms with Crippen LogP contribution in [-0.4, -0.2) is 43.9 Å². The molecule has 1 fully saturated rings. The third kappa shape index (κ3) is 3.32. The lowest BCUT2D eigenvalue weighted by Gasteiger charge is -2.33. The fourth-order valence-electron chi connectivity index (χ4n) is 2.83. The number of carbonyl (C=O) groups excluding carboxylic acids is 1. The van der Waals surface area contributed by atoms with Gasteiger partial charge in [-0.3, -0.25) is 9.59 Å². The molecule has 0 saturated carbocycles. The van der Waals surface area contributed by atoms with Crippen molar-refractivity contribution in [3.8, 4) is 0 Å². The summed E-state index contributed by atoms with van der Waals surface area (Å²) in [6.07, 6.45) is 2.43. The van der Waals surface area contributed by atoms with E-state index < -0.39 is 5.60 Å². The van der Waals surface area contributed by atoms with Crippen LogP contribution in [0.5, 0.6) is 0 Å². The van der Waals surface area contributed by atoms with Gasteiger partial charge in [-0.2, -0.15) is 5.10 Å². The SMILES string of the molecule is CCCn1nc(C(=O)N2CCC[C@H]2C(C)(C)O)ccc1=O. The van der Waals surface area contributed by atoms with Gasteiger partial charge in [-0.05, 0) is 39.2 Å². The third-order valence-electron chi connectivity index (χ3n) is 3.85. The van der Waals surface area contributed by atoms with Gasteiger partial charge < -0.3 is 10.0 Å². The molecule has 21 heavy (non-hydrogen) atoms. The molecule has 1 aromatic heterocycles. The average molecular weight is 293 g/mol. The van der Waals surface area contributed by atoms with Gasteiger partial charge in [-0.1, -0.05) is 6.92 Å². The Balaban J connectivity index is 2.27. The molecule has 0 bridgehead atoms. The third-order valence-corrected chi connectivity index (χ3v) is 3.85. The maximum atomic E-state index is 12.6. The maximum absolute atomic E-state index is 12.6. The summed E-state index contributed by atoms with van der Waals surface area (Å²) in [5.74, 6) is -0.218. The van der Waals surface area contributed by atoms with Gasteiger partial charge in [0.05, 0.1) is 11.6 Å². The predicted octanol–water partition coefficient (Wildman–Crippen LogP) is 1.03. The molecule has 0 spiro atoms. The Hall–Kier alpha value is -1.69. The van der Waals surface area contributed by atoms with Gasteiger partial charge in [0.1, 0.15) is 5.69 Å². The van der Waals surface area contributed by atoms with Crippen molar-refractivity contribution in [1.29, 1.82) is 0 Å². The highest BCUT2D eigenvalue weighted by atomic mass is 16.3. The van der Waals surface area contributed by atoms with Gasteiger partial charge in [-0.25, -0.2) is 4.68 Å². The van der Waals surface area contributed by atoms with Crippen molar-refractivity contribution in [3.63, 3.8) is 0 Å². The van der Waals surface area contributed by atoms with E-state index in [0.717, 1.165) is 19.3 Å². The first-order chi connectivity index (χ1) is 9.84. The van der Waals surface area contributed by atoms with Gasteiger partial charge in [-0.15, -0.1) is 0 Å². The van der Waals surface area contributed by atoms with Crippen molar-refractivity contribution in [2.45, 2.75) is 58.2 Å². The van der Waals surface area contributed by atoms with Crippen LogP contribution in [-0.2, 0) is 6.54 Å². The molecule has 0 unspecified atom stereocenters. The number of aryl methyl sites for hydroxylation is 1. The fraction of sp³-hybridized carbons (Fsp3) is 0.667. The second kappa shape index (κ2) is 5.97. The van der Waals surface area contributed by atoms with Crippen LogP contribution in [0.1, 0.15) is 50.5 Å². The molecular weight excluding hydrogens is 270 g/mol. The van der Waals surface area contributed by atoms with E-state index in [1.165, 1.54) is 16.8 Å². The molecule has 0 aliphatic carbocycles. The number of hydrogen-bond donors (Lipinski definition) is 1. The number of carbonyl (C=O) groups is 1. The molecule has 6 heteroatoms. The van der Waals surface area contributed by atoms with Crippen molar-refractivity contribution in [3.05, 3.63) is 28.2 Å². The fourth-order valence-corrected chi connectivity index (χ4v) is 2.83. The van der Waals surface area contributed by atoms with Gasteiger partial charge in [0.15, 0.2) is 0 Å². The van der Waals surface area contributed by atoms with E-state index in [2.05, 4.69) is 5.10 Å². The van der Waals surface area contributed by atoms with Crippen LogP contribution < -0.4 is 5.56 Å². The Morgan fingerprint density at radius 1 is 1.48 bits per heavy atom. The number of aromatic nitrogens is 2. The number of amides is 1. The number of likely N-dealkylation sites (tertiary alicyclic amines) is 1. The van der Waals surface area contributed by atoms with Gasteiger partial charge >= 0.3 is 0 Å². The summed E-state index contributed by atoms with van der Waals surface area (Å²) in [5, 5.41) is 14.4.